The third kappa shape index (κ3) is 2.84. The van der Waals surface area contributed by atoms with Crippen LogP contribution in [0, 0.1) is 27.7 Å². The highest BCUT2D eigenvalue weighted by Crippen LogP contribution is 2.29. The molecule has 3 rings (SSSR count). The number of carbonyl (C=O) groups is 2. The van der Waals surface area contributed by atoms with Gasteiger partial charge < -0.3 is 4.57 Å². The van der Waals surface area contributed by atoms with Gasteiger partial charge in [-0.25, -0.2) is 0 Å². The number of thioether (sulfide) groups is 1. The molecule has 1 fully saturated rings. The van der Waals surface area contributed by atoms with Crippen molar-refractivity contribution in [2.24, 2.45) is 0 Å². The van der Waals surface area contributed by atoms with Gasteiger partial charge in [-0.3, -0.25) is 14.9 Å². The number of amides is 2. The fourth-order valence-electron chi connectivity index (χ4n) is 2.76. The number of nitrogens with zero attached hydrogens (tertiary/aromatic N) is 1. The molecule has 1 N–H and O–H groups in total. The van der Waals surface area contributed by atoms with Gasteiger partial charge in [0.25, 0.3) is 11.1 Å². The standard InChI is InChI=1S/C18H18N2O2S/c1-10-5-6-15(7-11(10)2)20-12(3)8-14(13(20)4)9-16-17(21)19-18(22)23-16/h5-9H,1-4H3,(H,19,21,22)/b16-9-. The third-order valence-corrected chi connectivity index (χ3v) is 4.96. The van der Waals surface area contributed by atoms with Crippen molar-refractivity contribution in [1.82, 2.24) is 9.88 Å². The predicted molar refractivity (Wildman–Crippen MR) is 93.8 cm³/mol. The second-order valence-electron chi connectivity index (χ2n) is 5.78. The molecule has 1 aliphatic rings. The van der Waals surface area contributed by atoms with E-state index < -0.39 is 0 Å². The van der Waals surface area contributed by atoms with Crippen LogP contribution in [0.25, 0.3) is 11.8 Å². The van der Waals surface area contributed by atoms with Crippen LogP contribution in [0.5, 0.6) is 0 Å². The Labute approximate surface area is 139 Å². The van der Waals surface area contributed by atoms with E-state index in [0.717, 1.165) is 34.4 Å². The first-order valence-electron chi connectivity index (χ1n) is 7.38. The zero-order valence-corrected chi connectivity index (χ0v) is 14.4. The minimum absolute atomic E-state index is 0.316. The highest BCUT2D eigenvalue weighted by Gasteiger charge is 2.25. The van der Waals surface area contributed by atoms with Gasteiger partial charge in [0.15, 0.2) is 0 Å². The Bertz CT molecular complexity index is 862. The lowest BCUT2D eigenvalue weighted by Crippen LogP contribution is -2.17. The second-order valence-corrected chi connectivity index (χ2v) is 6.80. The molecule has 118 valence electrons. The molecule has 0 saturated carbocycles. The Morgan fingerprint density at radius 2 is 1.78 bits per heavy atom. The molecule has 5 heteroatoms. The molecule has 2 amide bonds. The minimum atomic E-state index is -0.323. The summed E-state index contributed by atoms with van der Waals surface area (Å²) >= 11 is 0.945. The van der Waals surface area contributed by atoms with Crippen molar-refractivity contribution < 1.29 is 9.59 Å². The van der Waals surface area contributed by atoms with Crippen molar-refractivity contribution >= 4 is 29.0 Å². The molecule has 0 unspecified atom stereocenters. The summed E-state index contributed by atoms with van der Waals surface area (Å²) in [5.41, 5.74) is 6.70. The molecule has 1 aromatic carbocycles. The lowest BCUT2D eigenvalue weighted by molar-refractivity contribution is -0.115. The van der Waals surface area contributed by atoms with E-state index in [0.29, 0.717) is 4.91 Å². The summed E-state index contributed by atoms with van der Waals surface area (Å²) in [6, 6.07) is 8.40. The van der Waals surface area contributed by atoms with Crippen LogP contribution in [0.2, 0.25) is 0 Å². The summed E-state index contributed by atoms with van der Waals surface area (Å²) in [5, 5.41) is 1.97. The monoisotopic (exact) mass is 326 g/mol. The van der Waals surface area contributed by atoms with Crippen LogP contribution in [-0.4, -0.2) is 15.7 Å². The average molecular weight is 326 g/mol. The molecule has 0 radical (unpaired) electrons. The molecule has 1 saturated heterocycles. The number of nitrogens with one attached hydrogen (secondary N) is 1. The van der Waals surface area contributed by atoms with Crippen molar-refractivity contribution in [1.29, 1.82) is 0 Å². The summed E-state index contributed by atoms with van der Waals surface area (Å²) < 4.78 is 2.16. The molecule has 1 aliphatic heterocycles. The number of hydrogen-bond donors (Lipinski definition) is 1. The number of benzene rings is 1. The number of hydrogen-bond acceptors (Lipinski definition) is 3. The van der Waals surface area contributed by atoms with Gasteiger partial charge in [-0.2, -0.15) is 0 Å². The smallest absolute Gasteiger partial charge is 0.290 e. The van der Waals surface area contributed by atoms with Crippen molar-refractivity contribution in [2.45, 2.75) is 27.7 Å². The predicted octanol–water partition coefficient (Wildman–Crippen LogP) is 4.03. The Balaban J connectivity index is 2.06. The highest BCUT2D eigenvalue weighted by atomic mass is 32.2. The average Bonchev–Trinajstić information content (AvgIpc) is 2.93. The van der Waals surface area contributed by atoms with Gasteiger partial charge in [0, 0.05) is 17.1 Å². The Kier molecular flexibility index (Phi) is 3.90. The summed E-state index contributed by atoms with van der Waals surface area (Å²) in [6.07, 6.45) is 1.78. The van der Waals surface area contributed by atoms with Gasteiger partial charge in [-0.05, 0) is 80.4 Å². The fraction of sp³-hybridized carbons (Fsp3) is 0.222. The van der Waals surface area contributed by atoms with Crippen molar-refractivity contribution in [3.63, 3.8) is 0 Å². The van der Waals surface area contributed by atoms with Crippen LogP contribution in [-0.2, 0) is 4.79 Å². The highest BCUT2D eigenvalue weighted by molar-refractivity contribution is 8.18. The minimum Gasteiger partial charge on any atom is -0.318 e. The molecular formula is C18H18N2O2S. The number of carbonyl (C=O) groups excluding carboxylic acids is 2. The molecule has 4 nitrogen and oxygen atoms in total. The van der Waals surface area contributed by atoms with Crippen molar-refractivity contribution in [3.05, 3.63) is 57.2 Å². The normalized spacial score (nSPS) is 16.3. The van der Waals surface area contributed by atoms with E-state index in [9.17, 15) is 9.59 Å². The van der Waals surface area contributed by atoms with Gasteiger partial charge in [0.2, 0.25) is 0 Å². The number of imide groups is 1. The van der Waals surface area contributed by atoms with Gasteiger partial charge in [0.1, 0.15) is 0 Å². The zero-order chi connectivity index (χ0) is 16.7. The van der Waals surface area contributed by atoms with Crippen LogP contribution in [0.4, 0.5) is 4.79 Å². The van der Waals surface area contributed by atoms with E-state index >= 15 is 0 Å². The van der Waals surface area contributed by atoms with Crippen LogP contribution in [0.1, 0.15) is 28.1 Å². The quantitative estimate of drug-likeness (QED) is 0.848. The Morgan fingerprint density at radius 1 is 1.04 bits per heavy atom. The summed E-state index contributed by atoms with van der Waals surface area (Å²) in [5.74, 6) is -0.323. The lowest BCUT2D eigenvalue weighted by Gasteiger charge is -2.11. The maximum Gasteiger partial charge on any atom is 0.290 e. The van der Waals surface area contributed by atoms with Crippen LogP contribution in [0.15, 0.2) is 29.2 Å². The molecule has 0 spiro atoms. The first-order chi connectivity index (χ1) is 10.9. The van der Waals surface area contributed by atoms with Crippen molar-refractivity contribution in [3.8, 4) is 5.69 Å². The number of aromatic nitrogens is 1. The van der Waals surface area contributed by atoms with Crippen LogP contribution < -0.4 is 5.32 Å². The van der Waals surface area contributed by atoms with Gasteiger partial charge in [0.05, 0.1) is 4.91 Å². The SMILES string of the molecule is Cc1ccc(-n2c(C)cc(/C=C3\SC(=O)NC3=O)c2C)cc1C. The summed E-state index contributed by atoms with van der Waals surface area (Å²) in [4.78, 5) is 23.4. The maximum absolute atomic E-state index is 11.7. The second kappa shape index (κ2) is 5.74. The van der Waals surface area contributed by atoms with Crippen LogP contribution >= 0.6 is 11.8 Å². The topological polar surface area (TPSA) is 51.1 Å². The molecule has 1 aromatic heterocycles. The number of rotatable bonds is 2. The van der Waals surface area contributed by atoms with Crippen LogP contribution in [0.3, 0.4) is 0 Å². The van der Waals surface area contributed by atoms with E-state index in [1.54, 1.807) is 6.08 Å². The molecule has 2 heterocycles. The first kappa shape index (κ1) is 15.6. The van der Waals surface area contributed by atoms with Crippen molar-refractivity contribution in [2.75, 3.05) is 0 Å². The summed E-state index contributed by atoms with van der Waals surface area (Å²) in [7, 11) is 0. The van der Waals surface area contributed by atoms with E-state index in [-0.39, 0.29) is 11.1 Å². The van der Waals surface area contributed by atoms with E-state index in [2.05, 4.69) is 41.9 Å². The largest absolute Gasteiger partial charge is 0.318 e. The molecule has 2 aromatic rings. The first-order valence-corrected chi connectivity index (χ1v) is 8.20. The molecule has 0 bridgehead atoms. The van der Waals surface area contributed by atoms with Gasteiger partial charge in [-0.15, -0.1) is 0 Å². The van der Waals surface area contributed by atoms with Gasteiger partial charge >= 0.3 is 0 Å². The van der Waals surface area contributed by atoms with E-state index in [4.69, 9.17) is 0 Å². The summed E-state index contributed by atoms with van der Waals surface area (Å²) in [6.45, 7) is 8.25. The Morgan fingerprint density at radius 3 is 2.39 bits per heavy atom. The van der Waals surface area contributed by atoms with E-state index in [1.807, 2.05) is 19.9 Å². The molecule has 23 heavy (non-hydrogen) atoms. The zero-order valence-electron chi connectivity index (χ0n) is 13.6. The van der Waals surface area contributed by atoms with Gasteiger partial charge in [-0.1, -0.05) is 6.07 Å². The van der Waals surface area contributed by atoms with E-state index in [1.165, 1.54) is 11.1 Å². The Hall–Kier alpha value is -2.27. The third-order valence-electron chi connectivity index (χ3n) is 4.15. The molecule has 0 aliphatic carbocycles. The maximum atomic E-state index is 11.7. The lowest BCUT2D eigenvalue weighted by atomic mass is 10.1. The molecule has 0 atom stereocenters. The molecular weight excluding hydrogens is 308 g/mol. The fourth-order valence-corrected chi connectivity index (χ4v) is 3.43. The number of aryl methyl sites for hydroxylation is 3.